The summed E-state index contributed by atoms with van der Waals surface area (Å²) >= 11 is 0. The van der Waals surface area contributed by atoms with E-state index in [-0.39, 0.29) is 19.7 Å². The fourth-order valence-electron chi connectivity index (χ4n) is 3.00. The SMILES string of the molecule is CC(=O)N[C@@H]1[C@@H](N)C=C(C(=O)O)O[C@H]1C(=O)N(CCO)CCc1ccccc1.O=C(O)C(F)(F)F. The van der Waals surface area contributed by atoms with Crippen molar-refractivity contribution in [3.8, 4) is 0 Å². The number of nitrogens with two attached hydrogens (primary N) is 1. The summed E-state index contributed by atoms with van der Waals surface area (Å²) < 4.78 is 37.1. The number of carboxylic acid groups (broad SMARTS) is 2. The van der Waals surface area contributed by atoms with E-state index in [0.29, 0.717) is 6.42 Å². The number of carbonyl (C=O) groups is 4. The molecule has 0 bridgehead atoms. The normalized spacial score (nSPS) is 19.3. The van der Waals surface area contributed by atoms with Crippen LogP contribution in [0.3, 0.4) is 0 Å². The van der Waals surface area contributed by atoms with Gasteiger partial charge in [-0.05, 0) is 18.1 Å². The molecule has 2 rings (SSSR count). The predicted octanol–water partition coefficient (Wildman–Crippen LogP) is -0.117. The van der Waals surface area contributed by atoms with Crippen LogP contribution < -0.4 is 11.1 Å². The van der Waals surface area contributed by atoms with Crippen molar-refractivity contribution in [2.24, 2.45) is 5.73 Å². The van der Waals surface area contributed by atoms with Crippen molar-refractivity contribution in [2.75, 3.05) is 19.7 Å². The number of aliphatic hydroxyl groups excluding tert-OH is 1. The van der Waals surface area contributed by atoms with Gasteiger partial charge in [0.05, 0.1) is 18.7 Å². The highest BCUT2D eigenvalue weighted by Crippen LogP contribution is 2.20. The third kappa shape index (κ3) is 9.62. The molecule has 6 N–H and O–H groups in total. The zero-order valence-corrected chi connectivity index (χ0v) is 18.6. The highest BCUT2D eigenvalue weighted by atomic mass is 19.4. The van der Waals surface area contributed by atoms with E-state index in [4.69, 9.17) is 20.4 Å². The molecule has 35 heavy (non-hydrogen) atoms. The van der Waals surface area contributed by atoms with E-state index in [1.54, 1.807) is 0 Å². The van der Waals surface area contributed by atoms with E-state index in [2.05, 4.69) is 5.32 Å². The molecule has 0 saturated carbocycles. The van der Waals surface area contributed by atoms with Crippen LogP contribution >= 0.6 is 0 Å². The van der Waals surface area contributed by atoms with Gasteiger partial charge in [-0.15, -0.1) is 0 Å². The lowest BCUT2D eigenvalue weighted by atomic mass is 9.97. The van der Waals surface area contributed by atoms with Crippen LogP contribution in [-0.2, 0) is 30.3 Å². The van der Waals surface area contributed by atoms with E-state index >= 15 is 0 Å². The summed E-state index contributed by atoms with van der Waals surface area (Å²) in [6.45, 7) is 1.33. The molecule has 1 aliphatic rings. The van der Waals surface area contributed by atoms with Crippen molar-refractivity contribution in [2.45, 2.75) is 37.7 Å². The number of halogens is 3. The molecule has 0 saturated heterocycles. The number of hydrogen-bond acceptors (Lipinski definition) is 7. The molecule has 0 unspecified atom stereocenters. The van der Waals surface area contributed by atoms with Crippen molar-refractivity contribution < 1.29 is 52.4 Å². The first kappa shape index (κ1) is 29.4. The van der Waals surface area contributed by atoms with Crippen LogP contribution in [0.2, 0.25) is 0 Å². The Hall–Kier alpha value is -3.65. The molecule has 1 aromatic rings. The second-order valence-electron chi connectivity index (χ2n) is 7.27. The minimum atomic E-state index is -5.08. The molecule has 194 valence electrons. The molecule has 0 radical (unpaired) electrons. The van der Waals surface area contributed by atoms with Gasteiger partial charge >= 0.3 is 18.1 Å². The molecule has 1 heterocycles. The number of benzene rings is 1. The molecule has 2 amide bonds. The molecule has 0 fully saturated rings. The van der Waals surface area contributed by atoms with Gasteiger partial charge in [-0.1, -0.05) is 30.3 Å². The lowest BCUT2D eigenvalue weighted by Gasteiger charge is -2.37. The van der Waals surface area contributed by atoms with Gasteiger partial charge in [0, 0.05) is 20.0 Å². The van der Waals surface area contributed by atoms with Gasteiger partial charge in [0.15, 0.2) is 6.10 Å². The zero-order chi connectivity index (χ0) is 26.8. The summed E-state index contributed by atoms with van der Waals surface area (Å²) in [4.78, 5) is 46.2. The summed E-state index contributed by atoms with van der Waals surface area (Å²) in [6.07, 6.45) is -4.69. The Morgan fingerprint density at radius 3 is 2.14 bits per heavy atom. The van der Waals surface area contributed by atoms with Gasteiger partial charge in [-0.25, -0.2) is 9.59 Å². The quantitative estimate of drug-likeness (QED) is 0.322. The number of nitrogens with one attached hydrogen (secondary N) is 1. The van der Waals surface area contributed by atoms with Crippen LogP contribution in [0.1, 0.15) is 12.5 Å². The fraction of sp³-hybridized carbons (Fsp3) is 0.429. The van der Waals surface area contributed by atoms with Gasteiger partial charge in [0.25, 0.3) is 5.91 Å². The fourth-order valence-corrected chi connectivity index (χ4v) is 3.00. The number of aliphatic carboxylic acids is 2. The lowest BCUT2D eigenvalue weighted by molar-refractivity contribution is -0.192. The van der Waals surface area contributed by atoms with Crippen molar-refractivity contribution in [3.63, 3.8) is 0 Å². The second-order valence-corrected chi connectivity index (χ2v) is 7.27. The third-order valence-electron chi connectivity index (χ3n) is 4.60. The van der Waals surface area contributed by atoms with E-state index in [9.17, 15) is 37.8 Å². The Morgan fingerprint density at radius 2 is 1.69 bits per heavy atom. The maximum atomic E-state index is 13.1. The minimum absolute atomic E-state index is 0.0413. The van der Waals surface area contributed by atoms with Crippen LogP contribution in [0.5, 0.6) is 0 Å². The predicted molar refractivity (Wildman–Crippen MR) is 114 cm³/mol. The number of alkyl halides is 3. The van der Waals surface area contributed by atoms with E-state index in [1.807, 2.05) is 30.3 Å². The molecule has 0 spiro atoms. The maximum absolute atomic E-state index is 13.1. The Bertz CT molecular complexity index is 924. The molecular formula is C21H26F3N3O8. The number of aliphatic hydroxyl groups is 1. The lowest BCUT2D eigenvalue weighted by Crippen LogP contribution is -2.61. The molecule has 0 aromatic heterocycles. The van der Waals surface area contributed by atoms with Crippen LogP contribution in [-0.4, -0.2) is 88.0 Å². The minimum Gasteiger partial charge on any atom is -0.475 e. The average molecular weight is 505 g/mol. The summed E-state index contributed by atoms with van der Waals surface area (Å²) in [7, 11) is 0. The van der Waals surface area contributed by atoms with Gasteiger partial charge in [-0.2, -0.15) is 13.2 Å². The molecule has 1 aliphatic heterocycles. The average Bonchev–Trinajstić information content (AvgIpc) is 2.77. The van der Waals surface area contributed by atoms with Gasteiger partial charge in [0.2, 0.25) is 11.7 Å². The van der Waals surface area contributed by atoms with Crippen LogP contribution in [0.4, 0.5) is 13.2 Å². The number of hydrogen-bond donors (Lipinski definition) is 5. The zero-order valence-electron chi connectivity index (χ0n) is 18.6. The highest BCUT2D eigenvalue weighted by molar-refractivity contribution is 5.88. The first-order chi connectivity index (χ1) is 16.3. The molecule has 3 atom stereocenters. The molecular weight excluding hydrogens is 479 g/mol. The van der Waals surface area contributed by atoms with Gasteiger partial charge in [-0.3, -0.25) is 9.59 Å². The van der Waals surface area contributed by atoms with E-state index in [0.717, 1.165) is 11.6 Å². The number of amides is 2. The summed E-state index contributed by atoms with van der Waals surface area (Å²) in [5.74, 6) is -5.53. The first-order valence-corrected chi connectivity index (χ1v) is 10.2. The summed E-state index contributed by atoms with van der Waals surface area (Å²) in [5.41, 5.74) is 6.97. The smallest absolute Gasteiger partial charge is 0.475 e. The third-order valence-corrected chi connectivity index (χ3v) is 4.60. The standard InChI is InChI=1S/C19H25N3O6.C2HF3O2/c1-12(24)21-16-14(20)11-15(19(26)27)28-17(16)18(25)22(9-10-23)8-7-13-5-3-2-4-6-13;3-2(4,5)1(6)7/h2-6,11,14,16-17,23H,7-10,20H2,1H3,(H,21,24)(H,26,27);(H,6,7)/t14-,16+,17+;/m0./s1. The number of carbonyl (C=O) groups excluding carboxylic acids is 2. The maximum Gasteiger partial charge on any atom is 0.490 e. The van der Waals surface area contributed by atoms with E-state index < -0.39 is 53.9 Å². The Labute approximate surface area is 198 Å². The van der Waals surface area contributed by atoms with Gasteiger partial charge in [0.1, 0.15) is 0 Å². The summed E-state index contributed by atoms with van der Waals surface area (Å²) in [5, 5.41) is 28.2. The van der Waals surface area contributed by atoms with Crippen LogP contribution in [0.15, 0.2) is 42.2 Å². The second kappa shape index (κ2) is 13.3. The Kier molecular flexibility index (Phi) is 11.2. The molecule has 14 heteroatoms. The number of rotatable bonds is 8. The van der Waals surface area contributed by atoms with Crippen molar-refractivity contribution >= 4 is 23.8 Å². The van der Waals surface area contributed by atoms with Crippen molar-refractivity contribution in [1.82, 2.24) is 10.2 Å². The number of carboxylic acids is 2. The highest BCUT2D eigenvalue weighted by Gasteiger charge is 2.42. The Morgan fingerprint density at radius 1 is 1.11 bits per heavy atom. The van der Waals surface area contributed by atoms with Crippen molar-refractivity contribution in [1.29, 1.82) is 0 Å². The monoisotopic (exact) mass is 505 g/mol. The van der Waals surface area contributed by atoms with E-state index in [1.165, 1.54) is 11.8 Å². The Balaban J connectivity index is 0.000000762. The number of ether oxygens (including phenoxy) is 1. The molecule has 11 nitrogen and oxygen atoms in total. The summed E-state index contributed by atoms with van der Waals surface area (Å²) in [6, 6.07) is 7.64. The first-order valence-electron chi connectivity index (χ1n) is 10.2. The number of nitrogens with zero attached hydrogens (tertiary/aromatic N) is 1. The molecule has 0 aliphatic carbocycles. The van der Waals surface area contributed by atoms with Crippen molar-refractivity contribution in [3.05, 3.63) is 47.7 Å². The molecule has 1 aromatic carbocycles. The topological polar surface area (TPSA) is 179 Å². The van der Waals surface area contributed by atoms with Crippen LogP contribution in [0.25, 0.3) is 0 Å². The van der Waals surface area contributed by atoms with Gasteiger partial charge < -0.3 is 36.0 Å². The largest absolute Gasteiger partial charge is 0.490 e. The van der Waals surface area contributed by atoms with Crippen LogP contribution in [0, 0.1) is 0 Å².